The van der Waals surface area contributed by atoms with Gasteiger partial charge in [-0.25, -0.2) is 0 Å². The molecule has 1 aliphatic rings. The van der Waals surface area contributed by atoms with E-state index < -0.39 is 0 Å². The van der Waals surface area contributed by atoms with Crippen molar-refractivity contribution in [3.05, 3.63) is 187 Å². The maximum atomic E-state index is 6.95. The molecule has 2 nitrogen and oxygen atoms in total. The third kappa shape index (κ3) is 4.57. The number of furan rings is 1. The van der Waals surface area contributed by atoms with Gasteiger partial charge in [0.05, 0.1) is 11.1 Å². The molecule has 1 heterocycles. The SMILES string of the molecule is CC1(C)c2ccccc2-c2ccc(N(c3ccccc3)c3cccc4oc5c(-c6ccc(-c7ccccc7)cc6)cc6ccccc6c5c34)cc21. The van der Waals surface area contributed by atoms with E-state index in [0.29, 0.717) is 0 Å². The first-order chi connectivity index (χ1) is 25.1. The second kappa shape index (κ2) is 11.3. The summed E-state index contributed by atoms with van der Waals surface area (Å²) in [5, 5.41) is 4.61. The first-order valence-electron chi connectivity index (χ1n) is 17.7. The van der Waals surface area contributed by atoms with Crippen molar-refractivity contribution < 1.29 is 4.42 Å². The van der Waals surface area contributed by atoms with Crippen LogP contribution in [-0.2, 0) is 5.41 Å². The lowest BCUT2D eigenvalue weighted by Gasteiger charge is -2.28. The van der Waals surface area contributed by atoms with Crippen molar-refractivity contribution >= 4 is 49.8 Å². The number of hydrogen-bond acceptors (Lipinski definition) is 2. The summed E-state index contributed by atoms with van der Waals surface area (Å²) in [7, 11) is 0. The number of para-hydroxylation sites is 1. The van der Waals surface area contributed by atoms with Crippen molar-refractivity contribution in [1.29, 1.82) is 0 Å². The minimum Gasteiger partial charge on any atom is -0.455 e. The number of benzene rings is 8. The normalized spacial score (nSPS) is 13.1. The van der Waals surface area contributed by atoms with Crippen molar-refractivity contribution in [2.75, 3.05) is 4.90 Å². The minimum atomic E-state index is -0.111. The van der Waals surface area contributed by atoms with Gasteiger partial charge in [0.15, 0.2) is 0 Å². The molecule has 0 amide bonds. The highest BCUT2D eigenvalue weighted by Gasteiger charge is 2.36. The highest BCUT2D eigenvalue weighted by molar-refractivity contribution is 6.26. The molecule has 2 heteroatoms. The third-order valence-corrected chi connectivity index (χ3v) is 10.9. The van der Waals surface area contributed by atoms with Crippen molar-refractivity contribution in [1.82, 2.24) is 0 Å². The van der Waals surface area contributed by atoms with Gasteiger partial charge in [0.2, 0.25) is 0 Å². The maximum absolute atomic E-state index is 6.95. The lowest BCUT2D eigenvalue weighted by molar-refractivity contribution is 0.660. The Kier molecular flexibility index (Phi) is 6.56. The summed E-state index contributed by atoms with van der Waals surface area (Å²) >= 11 is 0. The number of fused-ring (bicyclic) bond motifs is 8. The Morgan fingerprint density at radius 3 is 1.94 bits per heavy atom. The van der Waals surface area contributed by atoms with Crippen LogP contribution in [0.5, 0.6) is 0 Å². The molecule has 10 rings (SSSR count). The smallest absolute Gasteiger partial charge is 0.143 e. The van der Waals surface area contributed by atoms with Crippen molar-refractivity contribution in [3.63, 3.8) is 0 Å². The average Bonchev–Trinajstić information content (AvgIpc) is 3.69. The zero-order chi connectivity index (χ0) is 34.1. The Labute approximate surface area is 297 Å². The van der Waals surface area contributed by atoms with Gasteiger partial charge in [-0.05, 0) is 92.2 Å². The Bertz CT molecular complexity index is 2760. The molecule has 0 bridgehead atoms. The van der Waals surface area contributed by atoms with Crippen LogP contribution in [0.1, 0.15) is 25.0 Å². The molecule has 0 saturated carbocycles. The highest BCUT2D eigenvalue weighted by atomic mass is 16.3. The van der Waals surface area contributed by atoms with Gasteiger partial charge in [-0.15, -0.1) is 0 Å². The van der Waals surface area contributed by atoms with Crippen LogP contribution in [0.3, 0.4) is 0 Å². The molecule has 0 aliphatic heterocycles. The number of hydrogen-bond donors (Lipinski definition) is 0. The second-order valence-electron chi connectivity index (χ2n) is 14.1. The molecule has 0 radical (unpaired) electrons. The molecule has 9 aromatic rings. The van der Waals surface area contributed by atoms with Crippen LogP contribution in [0.25, 0.3) is 66.1 Å². The molecule has 0 N–H and O–H groups in total. The summed E-state index contributed by atoms with van der Waals surface area (Å²) in [6.07, 6.45) is 0. The number of anilines is 3. The van der Waals surface area contributed by atoms with E-state index in [2.05, 4.69) is 195 Å². The first kappa shape index (κ1) is 29.5. The Hall–Kier alpha value is -6.38. The largest absolute Gasteiger partial charge is 0.455 e. The molecule has 0 fully saturated rings. The number of nitrogens with zero attached hydrogens (tertiary/aromatic N) is 1. The maximum Gasteiger partial charge on any atom is 0.143 e. The van der Waals surface area contributed by atoms with Gasteiger partial charge >= 0.3 is 0 Å². The molecule has 0 unspecified atom stereocenters. The molecular formula is C49H35NO. The van der Waals surface area contributed by atoms with Crippen LogP contribution in [0, 0.1) is 0 Å². The fourth-order valence-electron chi connectivity index (χ4n) is 8.36. The van der Waals surface area contributed by atoms with Crippen LogP contribution in [0.15, 0.2) is 180 Å². The summed E-state index contributed by atoms with van der Waals surface area (Å²) in [5.74, 6) is 0. The molecule has 0 saturated heterocycles. The lowest BCUT2D eigenvalue weighted by atomic mass is 9.82. The summed E-state index contributed by atoms with van der Waals surface area (Å²) in [5.41, 5.74) is 15.0. The summed E-state index contributed by atoms with van der Waals surface area (Å²) in [6.45, 7) is 4.69. The van der Waals surface area contributed by atoms with Gasteiger partial charge in [0, 0.05) is 27.7 Å². The van der Waals surface area contributed by atoms with Crippen LogP contribution in [0.4, 0.5) is 17.1 Å². The van der Waals surface area contributed by atoms with E-state index in [9.17, 15) is 0 Å². The molecule has 0 atom stereocenters. The molecule has 0 spiro atoms. The van der Waals surface area contributed by atoms with E-state index in [1.54, 1.807) is 0 Å². The minimum absolute atomic E-state index is 0.111. The summed E-state index contributed by atoms with van der Waals surface area (Å²) < 4.78 is 6.95. The molecular weight excluding hydrogens is 619 g/mol. The average molecular weight is 654 g/mol. The predicted octanol–water partition coefficient (Wildman–Crippen LogP) is 13.8. The van der Waals surface area contributed by atoms with E-state index in [-0.39, 0.29) is 5.41 Å². The van der Waals surface area contributed by atoms with Crippen LogP contribution in [-0.4, -0.2) is 0 Å². The zero-order valence-electron chi connectivity index (χ0n) is 28.6. The third-order valence-electron chi connectivity index (χ3n) is 10.9. The Morgan fingerprint density at radius 2 is 1.12 bits per heavy atom. The quantitative estimate of drug-likeness (QED) is 0.184. The fraction of sp³-hybridized carbons (Fsp3) is 0.0612. The van der Waals surface area contributed by atoms with Gasteiger partial charge in [0.1, 0.15) is 11.2 Å². The van der Waals surface area contributed by atoms with Crippen LogP contribution in [0.2, 0.25) is 0 Å². The monoisotopic (exact) mass is 653 g/mol. The molecule has 1 aliphatic carbocycles. The zero-order valence-corrected chi connectivity index (χ0v) is 28.6. The lowest BCUT2D eigenvalue weighted by Crippen LogP contribution is -2.16. The predicted molar refractivity (Wildman–Crippen MR) is 214 cm³/mol. The molecule has 1 aromatic heterocycles. The number of rotatable bonds is 5. The standard InChI is InChI=1S/C49H35NO/c1-49(2)42-21-12-11-20-39(42)40-29-28-37(31-43(40)49)50(36-17-7-4-8-18-36)44-22-13-23-45-47(44)46-38-19-10-9-16-35(38)30-41(48(46)51-45)34-26-24-33(25-27-34)32-14-5-3-6-15-32/h3-31H,1-2H3. The fourth-order valence-corrected chi connectivity index (χ4v) is 8.36. The van der Waals surface area contributed by atoms with Gasteiger partial charge in [-0.1, -0.05) is 147 Å². The van der Waals surface area contributed by atoms with E-state index in [4.69, 9.17) is 4.42 Å². The highest BCUT2D eigenvalue weighted by Crippen LogP contribution is 2.52. The van der Waals surface area contributed by atoms with E-state index in [0.717, 1.165) is 50.1 Å². The first-order valence-corrected chi connectivity index (χ1v) is 17.7. The molecule has 51 heavy (non-hydrogen) atoms. The Balaban J connectivity index is 1.22. The van der Waals surface area contributed by atoms with Crippen LogP contribution >= 0.6 is 0 Å². The van der Waals surface area contributed by atoms with Crippen molar-refractivity contribution in [3.8, 4) is 33.4 Å². The van der Waals surface area contributed by atoms with Crippen molar-refractivity contribution in [2.45, 2.75) is 19.3 Å². The summed E-state index contributed by atoms with van der Waals surface area (Å²) in [4.78, 5) is 2.41. The molecule has 8 aromatic carbocycles. The summed E-state index contributed by atoms with van der Waals surface area (Å²) in [6, 6.07) is 63.4. The van der Waals surface area contributed by atoms with Crippen LogP contribution < -0.4 is 4.90 Å². The molecule has 242 valence electrons. The van der Waals surface area contributed by atoms with Gasteiger partial charge in [-0.3, -0.25) is 0 Å². The second-order valence-corrected chi connectivity index (χ2v) is 14.1. The van der Waals surface area contributed by atoms with Crippen molar-refractivity contribution in [2.24, 2.45) is 0 Å². The van der Waals surface area contributed by atoms with E-state index in [1.807, 2.05) is 0 Å². The van der Waals surface area contributed by atoms with Gasteiger partial charge in [-0.2, -0.15) is 0 Å². The Morgan fingerprint density at radius 1 is 0.451 bits per heavy atom. The van der Waals surface area contributed by atoms with Gasteiger partial charge < -0.3 is 9.32 Å². The van der Waals surface area contributed by atoms with E-state index >= 15 is 0 Å². The van der Waals surface area contributed by atoms with Gasteiger partial charge in [0.25, 0.3) is 0 Å². The van der Waals surface area contributed by atoms with E-state index in [1.165, 1.54) is 44.2 Å². The topological polar surface area (TPSA) is 16.4 Å².